The van der Waals surface area contributed by atoms with Gasteiger partial charge in [0.1, 0.15) is 30.5 Å². The van der Waals surface area contributed by atoms with Crippen LogP contribution in [0.2, 0.25) is 0 Å². The van der Waals surface area contributed by atoms with Crippen LogP contribution in [-0.4, -0.2) is 98.7 Å². The average Bonchev–Trinajstić information content (AvgIpc) is 3.11. The molecule has 0 bridgehead atoms. The number of allylic oxidation sites excluding steroid dienone is 5. The van der Waals surface area contributed by atoms with E-state index < -0.39 is 61.5 Å². The lowest BCUT2D eigenvalue weighted by Gasteiger charge is -2.40. The Kier molecular flexibility index (Phi) is 28.7. The van der Waals surface area contributed by atoms with Crippen LogP contribution in [0.4, 0.5) is 0 Å². The van der Waals surface area contributed by atoms with Gasteiger partial charge in [0, 0.05) is 0 Å². The second-order valence-corrected chi connectivity index (χ2v) is 13.9. The number of amides is 1. The molecular weight excluding hydrogens is 638 g/mol. The molecule has 0 aliphatic carbocycles. The zero-order valence-corrected chi connectivity index (χ0v) is 31.3. The van der Waals surface area contributed by atoms with E-state index in [1.165, 1.54) is 70.6 Å². The molecule has 8 atom stereocenters. The van der Waals surface area contributed by atoms with Gasteiger partial charge in [0.15, 0.2) is 6.29 Å². The van der Waals surface area contributed by atoms with E-state index >= 15 is 0 Å². The van der Waals surface area contributed by atoms with Crippen molar-refractivity contribution in [2.75, 3.05) is 13.2 Å². The van der Waals surface area contributed by atoms with Gasteiger partial charge >= 0.3 is 0 Å². The maximum atomic E-state index is 12.9. The lowest BCUT2D eigenvalue weighted by molar-refractivity contribution is -0.302. The van der Waals surface area contributed by atoms with Crippen molar-refractivity contribution in [2.24, 2.45) is 0 Å². The van der Waals surface area contributed by atoms with E-state index in [0.29, 0.717) is 19.3 Å². The van der Waals surface area contributed by atoms with Gasteiger partial charge in [0.25, 0.3) is 0 Å². The second kappa shape index (κ2) is 30.9. The van der Waals surface area contributed by atoms with Gasteiger partial charge in [0.05, 0.1) is 25.4 Å². The summed E-state index contributed by atoms with van der Waals surface area (Å²) >= 11 is 0. The Balaban J connectivity index is 2.57. The fourth-order valence-electron chi connectivity index (χ4n) is 5.96. The highest BCUT2D eigenvalue weighted by Gasteiger charge is 2.44. The van der Waals surface area contributed by atoms with Crippen molar-refractivity contribution in [3.05, 3.63) is 36.5 Å². The van der Waals surface area contributed by atoms with Crippen LogP contribution >= 0.6 is 0 Å². The molecule has 1 fully saturated rings. The first-order valence-corrected chi connectivity index (χ1v) is 19.8. The monoisotopic (exact) mass is 712 g/mol. The molecule has 10 nitrogen and oxygen atoms in total. The highest BCUT2D eigenvalue weighted by atomic mass is 16.7. The summed E-state index contributed by atoms with van der Waals surface area (Å²) in [5, 5.41) is 64.2. The minimum Gasteiger partial charge on any atom is -0.394 e. The summed E-state index contributed by atoms with van der Waals surface area (Å²) in [6.07, 6.45) is 25.2. The van der Waals surface area contributed by atoms with Gasteiger partial charge < -0.3 is 45.4 Å². The van der Waals surface area contributed by atoms with Crippen LogP contribution in [0.15, 0.2) is 36.5 Å². The first kappa shape index (κ1) is 46.4. The number of nitrogens with one attached hydrogen (secondary N) is 1. The van der Waals surface area contributed by atoms with Crippen molar-refractivity contribution in [3.63, 3.8) is 0 Å². The number of aliphatic hydroxyl groups is 6. The van der Waals surface area contributed by atoms with Crippen LogP contribution in [0.5, 0.6) is 0 Å². The summed E-state index contributed by atoms with van der Waals surface area (Å²) in [4.78, 5) is 12.9. The van der Waals surface area contributed by atoms with Gasteiger partial charge in [-0.2, -0.15) is 0 Å². The zero-order chi connectivity index (χ0) is 36.8. The Morgan fingerprint density at radius 3 is 1.74 bits per heavy atom. The van der Waals surface area contributed by atoms with Gasteiger partial charge in [-0.25, -0.2) is 0 Å². The Morgan fingerprint density at radius 2 is 1.18 bits per heavy atom. The van der Waals surface area contributed by atoms with Crippen LogP contribution < -0.4 is 5.32 Å². The number of carbonyl (C=O) groups excluding carboxylic acids is 1. The summed E-state index contributed by atoms with van der Waals surface area (Å²) in [7, 11) is 0. The standard InChI is InChI=1S/C40H73NO9/c1-3-5-7-9-11-13-15-16-17-19-20-22-24-26-28-33(43)32(31-49-40-38(47)37(46)36(45)35(30-42)50-40)41-39(48)34(44)29-27-25-23-21-18-14-12-10-8-6-4-2/h13,15,19-20,26,28,32-38,40,42-47H,3-12,14,16-18,21-25,27,29-31H2,1-2H3,(H,41,48)/b15-13+,20-19+,28-26+. The summed E-state index contributed by atoms with van der Waals surface area (Å²) in [5.41, 5.74) is 0. The first-order valence-electron chi connectivity index (χ1n) is 19.8. The molecule has 0 saturated carbocycles. The topological polar surface area (TPSA) is 169 Å². The Hall–Kier alpha value is -1.63. The van der Waals surface area contributed by atoms with Gasteiger partial charge in [-0.05, 0) is 44.9 Å². The lowest BCUT2D eigenvalue weighted by atomic mass is 9.99. The normalized spacial score (nSPS) is 23.2. The molecule has 292 valence electrons. The molecule has 1 aliphatic heterocycles. The van der Waals surface area contributed by atoms with Gasteiger partial charge in [-0.1, -0.05) is 140 Å². The molecule has 1 saturated heterocycles. The van der Waals surface area contributed by atoms with Gasteiger partial charge in [-0.3, -0.25) is 4.79 Å². The molecule has 10 heteroatoms. The third kappa shape index (κ3) is 21.7. The fourth-order valence-corrected chi connectivity index (χ4v) is 5.96. The van der Waals surface area contributed by atoms with Gasteiger partial charge in [0.2, 0.25) is 5.91 Å². The molecule has 50 heavy (non-hydrogen) atoms. The Morgan fingerprint density at radius 1 is 0.680 bits per heavy atom. The quantitative estimate of drug-likeness (QED) is 0.0342. The Labute approximate surface area is 303 Å². The predicted octanol–water partition coefficient (Wildman–Crippen LogP) is 5.91. The molecule has 8 unspecified atom stereocenters. The molecule has 7 N–H and O–H groups in total. The predicted molar refractivity (Wildman–Crippen MR) is 199 cm³/mol. The number of hydrogen-bond acceptors (Lipinski definition) is 9. The maximum absolute atomic E-state index is 12.9. The minimum absolute atomic E-state index is 0.302. The summed E-state index contributed by atoms with van der Waals surface area (Å²) < 4.78 is 11.1. The molecule has 0 radical (unpaired) electrons. The zero-order valence-electron chi connectivity index (χ0n) is 31.3. The number of hydrogen-bond donors (Lipinski definition) is 7. The van der Waals surface area contributed by atoms with E-state index in [1.807, 2.05) is 6.08 Å². The van der Waals surface area contributed by atoms with E-state index in [0.717, 1.165) is 44.9 Å². The summed E-state index contributed by atoms with van der Waals surface area (Å²) in [6, 6.07) is -0.998. The number of ether oxygens (including phenoxy) is 2. The smallest absolute Gasteiger partial charge is 0.249 e. The van der Waals surface area contributed by atoms with Gasteiger partial charge in [-0.15, -0.1) is 0 Å². The van der Waals surface area contributed by atoms with E-state index in [2.05, 4.69) is 43.5 Å². The van der Waals surface area contributed by atoms with Crippen molar-refractivity contribution < 1.29 is 44.9 Å². The number of aliphatic hydroxyl groups excluding tert-OH is 6. The van der Waals surface area contributed by atoms with E-state index in [-0.39, 0.29) is 6.61 Å². The third-order valence-corrected chi connectivity index (χ3v) is 9.30. The highest BCUT2D eigenvalue weighted by Crippen LogP contribution is 2.22. The molecule has 0 aromatic carbocycles. The lowest BCUT2D eigenvalue weighted by Crippen LogP contribution is -2.60. The Bertz CT molecular complexity index is 896. The van der Waals surface area contributed by atoms with Crippen LogP contribution in [0.1, 0.15) is 149 Å². The SMILES string of the molecule is CCCCCC/C=C/CC/C=C/CC/C=C/C(O)C(COC1OC(CO)C(O)C(O)C1O)NC(=O)C(O)CCCCCCCCCCCCC. The highest BCUT2D eigenvalue weighted by molar-refractivity contribution is 5.80. The van der Waals surface area contributed by atoms with Crippen molar-refractivity contribution in [1.82, 2.24) is 5.32 Å². The number of carbonyl (C=O) groups is 1. The van der Waals surface area contributed by atoms with Crippen LogP contribution in [-0.2, 0) is 14.3 Å². The van der Waals surface area contributed by atoms with E-state index in [9.17, 15) is 35.4 Å². The molecule has 0 aromatic rings. The largest absolute Gasteiger partial charge is 0.394 e. The summed E-state index contributed by atoms with van der Waals surface area (Å²) in [5.74, 6) is -0.634. The van der Waals surface area contributed by atoms with Crippen molar-refractivity contribution in [1.29, 1.82) is 0 Å². The van der Waals surface area contributed by atoms with Crippen LogP contribution in [0, 0.1) is 0 Å². The second-order valence-electron chi connectivity index (χ2n) is 13.9. The third-order valence-electron chi connectivity index (χ3n) is 9.30. The molecule has 1 amide bonds. The number of rotatable bonds is 31. The number of unbranched alkanes of at least 4 members (excludes halogenated alkanes) is 16. The molecule has 1 rings (SSSR count). The fraction of sp³-hybridized carbons (Fsp3) is 0.825. The maximum Gasteiger partial charge on any atom is 0.249 e. The molecular formula is C40H73NO9. The van der Waals surface area contributed by atoms with Crippen LogP contribution in [0.3, 0.4) is 0 Å². The first-order chi connectivity index (χ1) is 24.3. The van der Waals surface area contributed by atoms with Crippen molar-refractivity contribution in [3.8, 4) is 0 Å². The van der Waals surface area contributed by atoms with Crippen molar-refractivity contribution >= 4 is 5.91 Å². The van der Waals surface area contributed by atoms with E-state index in [1.54, 1.807) is 6.08 Å². The average molecular weight is 712 g/mol. The molecule has 0 spiro atoms. The van der Waals surface area contributed by atoms with Crippen molar-refractivity contribution in [2.45, 2.75) is 198 Å². The summed E-state index contributed by atoms with van der Waals surface area (Å²) in [6.45, 7) is 3.51. The van der Waals surface area contributed by atoms with E-state index in [4.69, 9.17) is 9.47 Å². The molecule has 0 aromatic heterocycles. The molecule has 1 aliphatic rings. The molecule has 1 heterocycles. The van der Waals surface area contributed by atoms with Crippen LogP contribution in [0.25, 0.3) is 0 Å². The minimum atomic E-state index is -1.61.